The predicted molar refractivity (Wildman–Crippen MR) is 362 cm³/mol. The first-order valence-electron chi connectivity index (χ1n) is 35.4. The van der Waals surface area contributed by atoms with Crippen LogP contribution in [0.3, 0.4) is 0 Å². The Kier molecular flexibility index (Phi) is 67.2. The lowest BCUT2D eigenvalue weighted by atomic mass is 10.0. The number of unbranched alkanes of at least 4 members (excludes halogenated alkanes) is 35. The summed E-state index contributed by atoms with van der Waals surface area (Å²) in [5.74, 6) is -0.876. The van der Waals surface area contributed by atoms with Gasteiger partial charge in [0.1, 0.15) is 13.2 Å². The number of carbonyl (C=O) groups excluding carboxylic acids is 3. The van der Waals surface area contributed by atoms with E-state index >= 15 is 0 Å². The number of rotatable bonds is 64. The van der Waals surface area contributed by atoms with Crippen LogP contribution in [0, 0.1) is 0 Å². The van der Waals surface area contributed by atoms with Crippen LogP contribution in [-0.4, -0.2) is 37.2 Å². The lowest BCUT2D eigenvalue weighted by molar-refractivity contribution is -0.167. The smallest absolute Gasteiger partial charge is 0.306 e. The Morgan fingerprint density at radius 2 is 0.470 bits per heavy atom. The molecule has 0 amide bonds. The van der Waals surface area contributed by atoms with E-state index in [1.807, 2.05) is 0 Å². The molecule has 0 fully saturated rings. The van der Waals surface area contributed by atoms with Gasteiger partial charge < -0.3 is 14.2 Å². The van der Waals surface area contributed by atoms with Gasteiger partial charge in [0.05, 0.1) is 0 Å². The van der Waals surface area contributed by atoms with Crippen molar-refractivity contribution < 1.29 is 28.6 Å². The minimum absolute atomic E-state index is 0.0802. The number of ether oxygens (including phenoxy) is 3. The largest absolute Gasteiger partial charge is 0.462 e. The number of carbonyl (C=O) groups is 3. The zero-order valence-corrected chi connectivity index (χ0v) is 54.7. The summed E-state index contributed by atoms with van der Waals surface area (Å²) in [5.41, 5.74) is 0. The van der Waals surface area contributed by atoms with Gasteiger partial charge in [-0.3, -0.25) is 14.4 Å². The second kappa shape index (κ2) is 70.6. The van der Waals surface area contributed by atoms with Gasteiger partial charge in [-0.1, -0.05) is 329 Å². The number of hydrogen-bond donors (Lipinski definition) is 0. The fourth-order valence-corrected chi connectivity index (χ4v) is 10.1. The van der Waals surface area contributed by atoms with E-state index in [9.17, 15) is 14.4 Å². The Morgan fingerprint density at radius 1 is 0.253 bits per heavy atom. The Bertz CT molecular complexity index is 1660. The lowest BCUT2D eigenvalue weighted by Crippen LogP contribution is -2.30. The van der Waals surface area contributed by atoms with E-state index in [-0.39, 0.29) is 31.1 Å². The molecule has 0 aliphatic carbocycles. The first-order valence-corrected chi connectivity index (χ1v) is 35.4. The molecule has 0 saturated heterocycles. The van der Waals surface area contributed by atoms with Crippen molar-refractivity contribution in [2.45, 2.75) is 348 Å². The molecule has 476 valence electrons. The van der Waals surface area contributed by atoms with E-state index in [1.54, 1.807) is 0 Å². The minimum Gasteiger partial charge on any atom is -0.462 e. The summed E-state index contributed by atoms with van der Waals surface area (Å²) in [6.07, 6.45) is 96.7. The molecule has 0 aliphatic heterocycles. The molecule has 6 nitrogen and oxygen atoms in total. The quantitative estimate of drug-likeness (QED) is 0.0261. The minimum atomic E-state index is -0.787. The fourth-order valence-electron chi connectivity index (χ4n) is 10.1. The molecular formula is C77H132O6. The molecule has 0 rings (SSSR count). The monoisotopic (exact) mass is 1150 g/mol. The summed E-state index contributed by atoms with van der Waals surface area (Å²) >= 11 is 0. The normalized spacial score (nSPS) is 12.8. The first-order chi connectivity index (χ1) is 41.0. The maximum Gasteiger partial charge on any atom is 0.306 e. The molecular weight excluding hydrogens is 1020 g/mol. The Balaban J connectivity index is 4.37. The molecule has 1 atom stereocenters. The number of allylic oxidation sites excluding steroid dienone is 18. The molecule has 0 N–H and O–H groups in total. The summed E-state index contributed by atoms with van der Waals surface area (Å²) < 4.78 is 17.0. The molecule has 83 heavy (non-hydrogen) atoms. The molecule has 0 aromatic heterocycles. The van der Waals surface area contributed by atoms with Crippen molar-refractivity contribution in [1.82, 2.24) is 0 Å². The second-order valence-electron chi connectivity index (χ2n) is 23.4. The highest BCUT2D eigenvalue weighted by molar-refractivity contribution is 5.71. The Labute approximate surface area is 514 Å². The van der Waals surface area contributed by atoms with Gasteiger partial charge in [-0.05, 0) is 103 Å². The van der Waals surface area contributed by atoms with Crippen LogP contribution in [0.15, 0.2) is 109 Å². The molecule has 1 unspecified atom stereocenters. The van der Waals surface area contributed by atoms with Crippen LogP contribution in [0.2, 0.25) is 0 Å². The van der Waals surface area contributed by atoms with Crippen LogP contribution < -0.4 is 0 Å². The van der Waals surface area contributed by atoms with Crippen LogP contribution in [0.1, 0.15) is 342 Å². The van der Waals surface area contributed by atoms with Gasteiger partial charge in [-0.15, -0.1) is 0 Å². The van der Waals surface area contributed by atoms with E-state index in [0.29, 0.717) is 19.3 Å². The van der Waals surface area contributed by atoms with Gasteiger partial charge in [-0.25, -0.2) is 0 Å². The highest BCUT2D eigenvalue weighted by Crippen LogP contribution is 2.17. The summed E-state index contributed by atoms with van der Waals surface area (Å²) in [6.45, 7) is 6.45. The van der Waals surface area contributed by atoms with Crippen LogP contribution in [-0.2, 0) is 28.6 Å². The van der Waals surface area contributed by atoms with Crippen molar-refractivity contribution >= 4 is 17.9 Å². The highest BCUT2D eigenvalue weighted by atomic mass is 16.6. The maximum absolute atomic E-state index is 13.0. The summed E-state index contributed by atoms with van der Waals surface area (Å²) in [7, 11) is 0. The average Bonchev–Trinajstić information content (AvgIpc) is 3.49. The topological polar surface area (TPSA) is 78.9 Å². The van der Waals surface area contributed by atoms with E-state index in [4.69, 9.17) is 14.2 Å². The lowest BCUT2D eigenvalue weighted by Gasteiger charge is -2.18. The second-order valence-corrected chi connectivity index (χ2v) is 23.4. The van der Waals surface area contributed by atoms with Crippen LogP contribution in [0.25, 0.3) is 0 Å². The standard InChI is InChI=1S/C77H132O6/c1-4-7-10-13-16-19-22-25-28-31-33-35-37-38-40-41-43-46-49-52-55-58-61-64-67-70-76(79)82-73-74(72-81-75(78)69-66-63-60-57-54-51-48-45-30-27-24-21-18-15-12-9-6-3)83-77(80)71-68-65-62-59-56-53-50-47-44-42-39-36-34-32-29-26-23-20-17-14-11-8-5-2/h7-8,10-11,16-17,19-20,25-26,28-29,33-36,42,44,74H,4-6,9,12-15,18,21-24,27,30-32,37-41,43,45-73H2,1-3H3/b10-7-,11-8-,19-16-,20-17-,28-25-,29-26-,35-33-,36-34-,44-42-. The van der Waals surface area contributed by atoms with Gasteiger partial charge in [0, 0.05) is 19.3 Å². The van der Waals surface area contributed by atoms with Gasteiger partial charge in [0.25, 0.3) is 0 Å². The van der Waals surface area contributed by atoms with Crippen molar-refractivity contribution in [3.05, 3.63) is 109 Å². The average molecular weight is 1150 g/mol. The van der Waals surface area contributed by atoms with Crippen molar-refractivity contribution in [2.24, 2.45) is 0 Å². The SMILES string of the molecule is CC/C=C\C/C=C\C/C=C\C/C=C\C/C=C\CCCCCCCCCC(=O)OC(COC(=O)CCCCCCCCCCCCCC/C=C\C/C=C\C/C=C\C/C=C\CC)COC(=O)CCCCCCCCCCCCCCCCCCC. The third kappa shape index (κ3) is 68.7. The number of hydrogen-bond acceptors (Lipinski definition) is 6. The third-order valence-electron chi connectivity index (χ3n) is 15.3. The van der Waals surface area contributed by atoms with E-state index < -0.39 is 6.10 Å². The van der Waals surface area contributed by atoms with Gasteiger partial charge in [0.2, 0.25) is 0 Å². The predicted octanol–water partition coefficient (Wildman–Crippen LogP) is 24.6. The Hall–Kier alpha value is -3.93. The maximum atomic E-state index is 13.0. The fraction of sp³-hybridized carbons (Fsp3) is 0.727. The molecule has 0 bridgehead atoms. The zero-order chi connectivity index (χ0) is 59.9. The van der Waals surface area contributed by atoms with E-state index in [1.165, 1.54) is 180 Å². The van der Waals surface area contributed by atoms with Crippen molar-refractivity contribution in [2.75, 3.05) is 13.2 Å². The van der Waals surface area contributed by atoms with Crippen molar-refractivity contribution in [3.63, 3.8) is 0 Å². The molecule has 0 aromatic carbocycles. The summed E-state index contributed by atoms with van der Waals surface area (Å²) in [6, 6.07) is 0. The van der Waals surface area contributed by atoms with Gasteiger partial charge in [-0.2, -0.15) is 0 Å². The molecule has 0 spiro atoms. The van der Waals surface area contributed by atoms with E-state index in [0.717, 1.165) is 122 Å². The Morgan fingerprint density at radius 3 is 0.735 bits per heavy atom. The zero-order valence-electron chi connectivity index (χ0n) is 54.7. The molecule has 0 saturated carbocycles. The molecule has 0 aromatic rings. The molecule has 0 aliphatic rings. The van der Waals surface area contributed by atoms with Crippen LogP contribution >= 0.6 is 0 Å². The number of esters is 3. The van der Waals surface area contributed by atoms with Crippen molar-refractivity contribution in [1.29, 1.82) is 0 Å². The van der Waals surface area contributed by atoms with Gasteiger partial charge >= 0.3 is 17.9 Å². The molecule has 6 heteroatoms. The molecule has 0 radical (unpaired) electrons. The highest BCUT2D eigenvalue weighted by Gasteiger charge is 2.19. The van der Waals surface area contributed by atoms with Gasteiger partial charge in [0.15, 0.2) is 6.10 Å². The summed E-state index contributed by atoms with van der Waals surface area (Å²) in [4.78, 5) is 38.5. The third-order valence-corrected chi connectivity index (χ3v) is 15.3. The summed E-state index contributed by atoms with van der Waals surface area (Å²) in [5, 5.41) is 0. The molecule has 0 heterocycles. The van der Waals surface area contributed by atoms with Crippen LogP contribution in [0.4, 0.5) is 0 Å². The van der Waals surface area contributed by atoms with E-state index in [2.05, 4.69) is 130 Å². The van der Waals surface area contributed by atoms with Crippen molar-refractivity contribution in [3.8, 4) is 0 Å². The first kappa shape index (κ1) is 79.1. The van der Waals surface area contributed by atoms with Crippen LogP contribution in [0.5, 0.6) is 0 Å².